The smallest absolute Gasteiger partial charge is 0.171 e. The standard InChI is InChI=1S/C13H15N3OS/c1-7(17)12-11(14)9-5-8-6-16(2)4-3-10(8)15-13(9)18-12/h5H,3-4,6,14H2,1-2H3. The molecule has 94 valence electrons. The predicted octanol–water partition coefficient (Wildman–Crippen LogP) is 2.07. The van der Waals surface area contributed by atoms with E-state index < -0.39 is 0 Å². The highest BCUT2D eigenvalue weighted by Gasteiger charge is 2.19. The summed E-state index contributed by atoms with van der Waals surface area (Å²) >= 11 is 1.41. The fourth-order valence-corrected chi connectivity index (χ4v) is 3.39. The minimum atomic E-state index is 0.0191. The van der Waals surface area contributed by atoms with Crippen molar-refractivity contribution >= 4 is 33.0 Å². The average molecular weight is 261 g/mol. The van der Waals surface area contributed by atoms with Crippen molar-refractivity contribution < 1.29 is 4.79 Å². The van der Waals surface area contributed by atoms with Crippen LogP contribution in [-0.2, 0) is 13.0 Å². The molecule has 1 aliphatic rings. The van der Waals surface area contributed by atoms with Crippen LogP contribution in [0.25, 0.3) is 10.2 Å². The second-order valence-electron chi connectivity index (χ2n) is 4.84. The number of pyridine rings is 1. The molecular formula is C13H15N3OS. The van der Waals surface area contributed by atoms with Gasteiger partial charge in [-0.2, -0.15) is 0 Å². The second-order valence-corrected chi connectivity index (χ2v) is 5.83. The van der Waals surface area contributed by atoms with Crippen LogP contribution in [0.15, 0.2) is 6.07 Å². The number of thiophene rings is 1. The van der Waals surface area contributed by atoms with Gasteiger partial charge in [0, 0.05) is 37.5 Å². The number of carbonyl (C=O) groups excluding carboxylic acids is 1. The van der Waals surface area contributed by atoms with Crippen LogP contribution in [0, 0.1) is 0 Å². The number of nitrogens with two attached hydrogens (primary N) is 1. The lowest BCUT2D eigenvalue weighted by molar-refractivity contribution is 0.102. The summed E-state index contributed by atoms with van der Waals surface area (Å²) in [6, 6.07) is 2.10. The molecule has 0 amide bonds. The van der Waals surface area contributed by atoms with E-state index >= 15 is 0 Å². The first-order chi connectivity index (χ1) is 8.56. The average Bonchev–Trinajstić information content (AvgIpc) is 2.64. The van der Waals surface area contributed by atoms with Crippen LogP contribution in [0.5, 0.6) is 0 Å². The number of nitrogens with zero attached hydrogens (tertiary/aromatic N) is 2. The zero-order valence-corrected chi connectivity index (χ0v) is 11.3. The fraction of sp³-hybridized carbons (Fsp3) is 0.385. The number of likely N-dealkylation sites (N-methyl/N-ethyl adjacent to an activating group) is 1. The van der Waals surface area contributed by atoms with Crippen molar-refractivity contribution in [2.75, 3.05) is 19.3 Å². The molecule has 3 heterocycles. The summed E-state index contributed by atoms with van der Waals surface area (Å²) < 4.78 is 0. The topological polar surface area (TPSA) is 59.2 Å². The zero-order valence-electron chi connectivity index (χ0n) is 10.5. The predicted molar refractivity (Wildman–Crippen MR) is 74.1 cm³/mol. The van der Waals surface area contributed by atoms with E-state index in [-0.39, 0.29) is 5.78 Å². The molecule has 4 nitrogen and oxygen atoms in total. The molecule has 0 unspecified atom stereocenters. The van der Waals surface area contributed by atoms with Crippen LogP contribution < -0.4 is 5.73 Å². The van der Waals surface area contributed by atoms with Gasteiger partial charge in [0.2, 0.25) is 0 Å². The maximum Gasteiger partial charge on any atom is 0.171 e. The van der Waals surface area contributed by atoms with Gasteiger partial charge in [0.05, 0.1) is 10.6 Å². The first-order valence-electron chi connectivity index (χ1n) is 5.96. The van der Waals surface area contributed by atoms with Gasteiger partial charge in [0.1, 0.15) is 4.83 Å². The Balaban J connectivity index is 2.22. The molecule has 0 fully saturated rings. The van der Waals surface area contributed by atoms with E-state index in [2.05, 4.69) is 23.0 Å². The van der Waals surface area contributed by atoms with Crippen LogP contribution in [0.1, 0.15) is 27.9 Å². The van der Waals surface area contributed by atoms with E-state index in [9.17, 15) is 4.79 Å². The van der Waals surface area contributed by atoms with Crippen molar-refractivity contribution in [3.05, 3.63) is 22.2 Å². The molecule has 0 spiro atoms. The first kappa shape index (κ1) is 11.6. The Kier molecular flexibility index (Phi) is 2.60. The number of hydrogen-bond donors (Lipinski definition) is 1. The minimum absolute atomic E-state index is 0.0191. The second kappa shape index (κ2) is 4.03. The molecule has 2 aromatic heterocycles. The number of fused-ring (bicyclic) bond motifs is 2. The summed E-state index contributed by atoms with van der Waals surface area (Å²) in [6.45, 7) is 3.49. The number of aromatic nitrogens is 1. The van der Waals surface area contributed by atoms with Crippen LogP contribution in [0.4, 0.5) is 5.69 Å². The zero-order chi connectivity index (χ0) is 12.9. The van der Waals surface area contributed by atoms with Crippen molar-refractivity contribution in [3.63, 3.8) is 0 Å². The third-order valence-electron chi connectivity index (χ3n) is 3.38. The van der Waals surface area contributed by atoms with Gasteiger partial charge in [0.25, 0.3) is 0 Å². The highest BCUT2D eigenvalue weighted by atomic mass is 32.1. The molecule has 0 aliphatic carbocycles. The Morgan fingerprint density at radius 2 is 2.33 bits per heavy atom. The molecule has 2 aromatic rings. The number of anilines is 1. The summed E-state index contributed by atoms with van der Waals surface area (Å²) in [6.07, 6.45) is 0.967. The van der Waals surface area contributed by atoms with Gasteiger partial charge >= 0.3 is 0 Å². The van der Waals surface area contributed by atoms with Gasteiger partial charge in [0.15, 0.2) is 5.78 Å². The Morgan fingerprint density at radius 1 is 1.56 bits per heavy atom. The lowest BCUT2D eigenvalue weighted by atomic mass is 10.0. The van der Waals surface area contributed by atoms with Crippen molar-refractivity contribution in [2.45, 2.75) is 19.9 Å². The van der Waals surface area contributed by atoms with Gasteiger partial charge in [-0.3, -0.25) is 4.79 Å². The van der Waals surface area contributed by atoms with E-state index in [0.717, 1.165) is 35.4 Å². The SMILES string of the molecule is CC(=O)c1sc2nc3c(cc2c1N)CN(C)CC3. The van der Waals surface area contributed by atoms with Crippen molar-refractivity contribution in [1.82, 2.24) is 9.88 Å². The Morgan fingerprint density at radius 3 is 3.06 bits per heavy atom. The molecule has 1 aliphatic heterocycles. The van der Waals surface area contributed by atoms with Crippen molar-refractivity contribution in [1.29, 1.82) is 0 Å². The molecule has 0 radical (unpaired) electrons. The Labute approximate surface area is 109 Å². The lowest BCUT2D eigenvalue weighted by Crippen LogP contribution is -2.27. The molecule has 0 bridgehead atoms. The number of hydrogen-bond acceptors (Lipinski definition) is 5. The number of Topliss-reactive ketones (excluding diaryl/α,β-unsaturated/α-hetero) is 1. The lowest BCUT2D eigenvalue weighted by Gasteiger charge is -2.24. The Bertz CT molecular complexity index is 647. The fourth-order valence-electron chi connectivity index (χ4n) is 2.40. The van der Waals surface area contributed by atoms with E-state index in [0.29, 0.717) is 10.6 Å². The van der Waals surface area contributed by atoms with E-state index in [1.807, 2.05) is 0 Å². The summed E-state index contributed by atoms with van der Waals surface area (Å²) in [4.78, 5) is 20.0. The third-order valence-corrected chi connectivity index (χ3v) is 4.60. The van der Waals surface area contributed by atoms with Gasteiger partial charge in [-0.05, 0) is 18.7 Å². The third kappa shape index (κ3) is 1.71. The van der Waals surface area contributed by atoms with Crippen LogP contribution in [-0.4, -0.2) is 29.3 Å². The molecule has 0 atom stereocenters. The summed E-state index contributed by atoms with van der Waals surface area (Å²) in [5, 5.41) is 0.930. The van der Waals surface area contributed by atoms with Crippen molar-refractivity contribution in [3.8, 4) is 0 Å². The molecule has 0 saturated carbocycles. The molecule has 2 N–H and O–H groups in total. The highest BCUT2D eigenvalue weighted by molar-refractivity contribution is 7.21. The number of nitrogen functional groups attached to an aromatic ring is 1. The molecule has 3 rings (SSSR count). The van der Waals surface area contributed by atoms with Crippen molar-refractivity contribution in [2.24, 2.45) is 0 Å². The van der Waals surface area contributed by atoms with E-state index in [4.69, 9.17) is 5.73 Å². The first-order valence-corrected chi connectivity index (χ1v) is 6.78. The highest BCUT2D eigenvalue weighted by Crippen LogP contribution is 2.34. The molecular weight excluding hydrogens is 246 g/mol. The number of carbonyl (C=O) groups is 1. The van der Waals surface area contributed by atoms with Crippen LogP contribution in [0.2, 0.25) is 0 Å². The summed E-state index contributed by atoms with van der Waals surface area (Å²) in [7, 11) is 2.10. The monoisotopic (exact) mass is 261 g/mol. The van der Waals surface area contributed by atoms with Gasteiger partial charge in [-0.25, -0.2) is 4.98 Å². The maximum atomic E-state index is 11.5. The largest absolute Gasteiger partial charge is 0.397 e. The normalized spacial score (nSPS) is 15.9. The van der Waals surface area contributed by atoms with Crippen LogP contribution in [0.3, 0.4) is 0 Å². The molecule has 5 heteroatoms. The number of ketones is 1. The Hall–Kier alpha value is -1.46. The van der Waals surface area contributed by atoms with E-state index in [1.54, 1.807) is 6.92 Å². The van der Waals surface area contributed by atoms with Gasteiger partial charge in [-0.15, -0.1) is 11.3 Å². The summed E-state index contributed by atoms with van der Waals surface area (Å²) in [5.41, 5.74) is 9.01. The van der Waals surface area contributed by atoms with Crippen LogP contribution >= 0.6 is 11.3 Å². The summed E-state index contributed by atoms with van der Waals surface area (Å²) in [5.74, 6) is 0.0191. The molecule has 0 saturated heterocycles. The maximum absolute atomic E-state index is 11.5. The van der Waals surface area contributed by atoms with E-state index in [1.165, 1.54) is 16.9 Å². The van der Waals surface area contributed by atoms with Gasteiger partial charge < -0.3 is 10.6 Å². The van der Waals surface area contributed by atoms with Gasteiger partial charge in [-0.1, -0.05) is 0 Å². The quantitative estimate of drug-likeness (QED) is 0.798. The minimum Gasteiger partial charge on any atom is -0.397 e. The molecule has 0 aromatic carbocycles. The number of rotatable bonds is 1. The molecule has 18 heavy (non-hydrogen) atoms.